The molecule has 0 saturated carbocycles. The van der Waals surface area contributed by atoms with Crippen LogP contribution in [0, 0.1) is 0 Å². The minimum Gasteiger partial charge on any atom is -0.336 e. The summed E-state index contributed by atoms with van der Waals surface area (Å²) in [4.78, 5) is 16.5. The van der Waals surface area contributed by atoms with Crippen LogP contribution in [0.3, 0.4) is 0 Å². The van der Waals surface area contributed by atoms with Crippen molar-refractivity contribution in [2.75, 3.05) is 11.6 Å². The smallest absolute Gasteiger partial charge is 0.336 e. The van der Waals surface area contributed by atoms with E-state index in [-0.39, 0.29) is 0 Å². The zero-order valence-electron chi connectivity index (χ0n) is 10.3. The molecule has 3 nitrogen and oxygen atoms in total. The lowest BCUT2D eigenvalue weighted by Crippen LogP contribution is -2.27. The Balaban J connectivity index is 2.65. The van der Waals surface area contributed by atoms with Crippen molar-refractivity contribution in [1.29, 1.82) is 0 Å². The topological polar surface area (TPSA) is 29.5 Å². The first-order valence-corrected chi connectivity index (χ1v) is 5.95. The molecule has 1 rings (SSSR count). The fourth-order valence-electron chi connectivity index (χ4n) is 1.47. The molecule has 17 heavy (non-hydrogen) atoms. The predicted molar refractivity (Wildman–Crippen MR) is 69.6 cm³/mol. The maximum Gasteiger partial charge on any atom is 0.355 e. The van der Waals surface area contributed by atoms with Crippen LogP contribution in [0.5, 0.6) is 0 Å². The summed E-state index contributed by atoms with van der Waals surface area (Å²) in [5, 5.41) is 1.62. The number of para-hydroxylation sites is 1. The molecular weight excluding hydrogens is 214 g/mol. The number of rotatable bonds is 7. The standard InChI is InChI=1S/C14H19NO2/c1-3-5-9-12-15(17-14(16)4-2)13-10-7-6-8-11-13/h4,6-8,10-11H,2-3,5,9,12H2,1H3. The van der Waals surface area contributed by atoms with E-state index in [0.717, 1.165) is 24.9 Å². The second-order valence-corrected chi connectivity index (χ2v) is 3.76. The van der Waals surface area contributed by atoms with Crippen molar-refractivity contribution in [3.8, 4) is 0 Å². The first kappa shape index (κ1) is 13.3. The van der Waals surface area contributed by atoms with E-state index >= 15 is 0 Å². The number of carbonyl (C=O) groups excluding carboxylic acids is 1. The maximum absolute atomic E-state index is 11.2. The predicted octanol–water partition coefficient (Wildman–Crippen LogP) is 3.33. The molecule has 0 aromatic heterocycles. The van der Waals surface area contributed by atoms with E-state index in [1.54, 1.807) is 5.06 Å². The van der Waals surface area contributed by atoms with Gasteiger partial charge in [-0.15, -0.1) is 0 Å². The normalized spacial score (nSPS) is 9.71. The van der Waals surface area contributed by atoms with Crippen LogP contribution in [0.25, 0.3) is 0 Å². The second kappa shape index (κ2) is 7.49. The van der Waals surface area contributed by atoms with Gasteiger partial charge in [0.25, 0.3) is 0 Å². The van der Waals surface area contributed by atoms with Crippen LogP contribution in [0.4, 0.5) is 5.69 Å². The third kappa shape index (κ3) is 4.72. The van der Waals surface area contributed by atoms with Crippen molar-refractivity contribution in [1.82, 2.24) is 0 Å². The highest BCUT2D eigenvalue weighted by atomic mass is 16.7. The van der Waals surface area contributed by atoms with Gasteiger partial charge in [0, 0.05) is 6.08 Å². The highest BCUT2D eigenvalue weighted by molar-refractivity contribution is 5.82. The molecule has 0 saturated heterocycles. The van der Waals surface area contributed by atoms with Crippen LogP contribution in [-0.2, 0) is 9.63 Å². The molecule has 0 aliphatic heterocycles. The minimum absolute atomic E-state index is 0.426. The van der Waals surface area contributed by atoms with Crippen LogP contribution < -0.4 is 5.06 Å². The molecule has 0 aliphatic rings. The molecule has 92 valence electrons. The molecule has 1 aromatic carbocycles. The van der Waals surface area contributed by atoms with Crippen LogP contribution in [0.1, 0.15) is 26.2 Å². The van der Waals surface area contributed by atoms with Crippen LogP contribution in [0.2, 0.25) is 0 Å². The Morgan fingerprint density at radius 2 is 2.06 bits per heavy atom. The number of carbonyl (C=O) groups is 1. The van der Waals surface area contributed by atoms with Crippen LogP contribution >= 0.6 is 0 Å². The highest BCUT2D eigenvalue weighted by Gasteiger charge is 2.09. The van der Waals surface area contributed by atoms with Gasteiger partial charge in [0.1, 0.15) is 0 Å². The van der Waals surface area contributed by atoms with Gasteiger partial charge in [-0.1, -0.05) is 44.5 Å². The largest absolute Gasteiger partial charge is 0.355 e. The lowest BCUT2D eigenvalue weighted by Gasteiger charge is -2.22. The molecule has 0 atom stereocenters. The average molecular weight is 233 g/mol. The Morgan fingerprint density at radius 1 is 1.35 bits per heavy atom. The van der Waals surface area contributed by atoms with Gasteiger partial charge in [-0.2, -0.15) is 0 Å². The highest BCUT2D eigenvalue weighted by Crippen LogP contribution is 2.15. The number of benzene rings is 1. The molecule has 0 fully saturated rings. The third-order valence-electron chi connectivity index (χ3n) is 2.38. The van der Waals surface area contributed by atoms with E-state index in [9.17, 15) is 4.79 Å². The lowest BCUT2D eigenvalue weighted by molar-refractivity contribution is -0.139. The first-order valence-electron chi connectivity index (χ1n) is 5.95. The molecule has 0 unspecified atom stereocenters. The summed E-state index contributed by atoms with van der Waals surface area (Å²) in [7, 11) is 0. The monoisotopic (exact) mass is 233 g/mol. The van der Waals surface area contributed by atoms with Gasteiger partial charge >= 0.3 is 5.97 Å². The molecule has 1 aromatic rings. The maximum atomic E-state index is 11.2. The number of hydroxylamine groups is 1. The van der Waals surface area contributed by atoms with E-state index in [2.05, 4.69) is 13.5 Å². The molecule has 0 N–H and O–H groups in total. The summed E-state index contributed by atoms with van der Waals surface area (Å²) in [6, 6.07) is 9.61. The lowest BCUT2D eigenvalue weighted by atomic mass is 10.2. The number of nitrogens with zero attached hydrogens (tertiary/aromatic N) is 1. The summed E-state index contributed by atoms with van der Waals surface area (Å²) in [6.07, 6.45) is 4.43. The third-order valence-corrected chi connectivity index (χ3v) is 2.38. The van der Waals surface area contributed by atoms with Gasteiger partial charge in [0.15, 0.2) is 0 Å². The van der Waals surface area contributed by atoms with E-state index in [1.165, 1.54) is 6.08 Å². The van der Waals surface area contributed by atoms with Crippen LogP contribution in [0.15, 0.2) is 43.0 Å². The summed E-state index contributed by atoms with van der Waals surface area (Å²) >= 11 is 0. The fourth-order valence-corrected chi connectivity index (χ4v) is 1.47. The zero-order chi connectivity index (χ0) is 12.5. The Labute approximate surface area is 103 Å². The molecule has 0 amide bonds. The van der Waals surface area contributed by atoms with Gasteiger partial charge in [0.2, 0.25) is 0 Å². The number of hydrogen-bond donors (Lipinski definition) is 0. The van der Waals surface area contributed by atoms with Gasteiger partial charge in [-0.25, -0.2) is 9.86 Å². The molecular formula is C14H19NO2. The summed E-state index contributed by atoms with van der Waals surface area (Å²) in [6.45, 7) is 6.25. The van der Waals surface area contributed by atoms with Gasteiger partial charge < -0.3 is 4.84 Å². The Hall–Kier alpha value is -1.77. The first-order chi connectivity index (χ1) is 8.27. The Kier molecular flexibility index (Phi) is 5.86. The molecule has 0 radical (unpaired) electrons. The molecule has 0 spiro atoms. The van der Waals surface area contributed by atoms with Crippen molar-refractivity contribution in [2.24, 2.45) is 0 Å². The molecule has 0 heterocycles. The van der Waals surface area contributed by atoms with Gasteiger partial charge in [0.05, 0.1) is 12.2 Å². The Morgan fingerprint density at radius 3 is 2.65 bits per heavy atom. The molecule has 3 heteroatoms. The van der Waals surface area contributed by atoms with Gasteiger partial charge in [-0.05, 0) is 18.6 Å². The summed E-state index contributed by atoms with van der Waals surface area (Å²) in [5.41, 5.74) is 0.888. The van der Waals surface area contributed by atoms with Crippen LogP contribution in [-0.4, -0.2) is 12.5 Å². The van der Waals surface area contributed by atoms with Crippen molar-refractivity contribution >= 4 is 11.7 Å². The van der Waals surface area contributed by atoms with E-state index in [0.29, 0.717) is 6.54 Å². The molecule has 0 aliphatic carbocycles. The second-order valence-electron chi connectivity index (χ2n) is 3.76. The van der Waals surface area contributed by atoms with Crippen molar-refractivity contribution < 1.29 is 9.63 Å². The van der Waals surface area contributed by atoms with E-state index in [1.807, 2.05) is 30.3 Å². The fraction of sp³-hybridized carbons (Fsp3) is 0.357. The van der Waals surface area contributed by atoms with Crippen molar-refractivity contribution in [3.63, 3.8) is 0 Å². The van der Waals surface area contributed by atoms with Crippen molar-refractivity contribution in [3.05, 3.63) is 43.0 Å². The minimum atomic E-state index is -0.426. The SMILES string of the molecule is C=CC(=O)ON(CCCCC)c1ccccc1. The average Bonchev–Trinajstić information content (AvgIpc) is 2.38. The Bertz CT molecular complexity index is 348. The molecule has 0 bridgehead atoms. The summed E-state index contributed by atoms with van der Waals surface area (Å²) < 4.78 is 0. The number of unbranched alkanes of at least 4 members (excludes halogenated alkanes) is 2. The zero-order valence-corrected chi connectivity index (χ0v) is 10.3. The summed E-state index contributed by atoms with van der Waals surface area (Å²) in [5.74, 6) is -0.426. The van der Waals surface area contributed by atoms with Crippen molar-refractivity contribution in [2.45, 2.75) is 26.2 Å². The number of anilines is 1. The number of hydrogen-bond acceptors (Lipinski definition) is 3. The van der Waals surface area contributed by atoms with E-state index < -0.39 is 5.97 Å². The van der Waals surface area contributed by atoms with Gasteiger partial charge in [-0.3, -0.25) is 0 Å². The van der Waals surface area contributed by atoms with E-state index in [4.69, 9.17) is 4.84 Å². The quantitative estimate of drug-likeness (QED) is 0.411.